The van der Waals surface area contributed by atoms with Gasteiger partial charge in [0.15, 0.2) is 0 Å². The number of hydrogen-bond acceptors (Lipinski definition) is 4. The quantitative estimate of drug-likeness (QED) is 0.808. The van der Waals surface area contributed by atoms with Gasteiger partial charge in [-0.3, -0.25) is 4.79 Å². The number of anilines is 1. The third kappa shape index (κ3) is 3.35. The molecule has 126 valence electrons. The Labute approximate surface area is 137 Å². The number of carbonyl (C=O) groups excluding carboxylic acids is 1. The van der Waals surface area contributed by atoms with Gasteiger partial charge < -0.3 is 9.80 Å². The van der Waals surface area contributed by atoms with Crippen LogP contribution in [-0.4, -0.2) is 68.6 Å². The van der Waals surface area contributed by atoms with E-state index < -0.39 is 10.0 Å². The zero-order valence-corrected chi connectivity index (χ0v) is 14.4. The first-order chi connectivity index (χ1) is 10.9. The second-order valence-electron chi connectivity index (χ2n) is 6.35. The highest BCUT2D eigenvalue weighted by molar-refractivity contribution is 7.88. The van der Waals surface area contributed by atoms with Crippen molar-refractivity contribution in [3.8, 4) is 0 Å². The molecule has 0 aromatic heterocycles. The second-order valence-corrected chi connectivity index (χ2v) is 8.34. The van der Waals surface area contributed by atoms with E-state index in [0.717, 1.165) is 12.1 Å². The Morgan fingerprint density at radius 1 is 1.17 bits per heavy atom. The summed E-state index contributed by atoms with van der Waals surface area (Å²) >= 11 is 0. The fourth-order valence-electron chi connectivity index (χ4n) is 3.39. The van der Waals surface area contributed by atoms with Crippen molar-refractivity contribution < 1.29 is 13.2 Å². The highest BCUT2D eigenvalue weighted by Gasteiger charge is 2.31. The third-order valence-electron chi connectivity index (χ3n) is 4.71. The largest absolute Gasteiger partial charge is 0.359 e. The van der Waals surface area contributed by atoms with E-state index in [4.69, 9.17) is 0 Å². The van der Waals surface area contributed by atoms with Crippen LogP contribution < -0.4 is 4.90 Å². The van der Waals surface area contributed by atoms with Crippen molar-refractivity contribution in [2.45, 2.75) is 19.4 Å². The van der Waals surface area contributed by atoms with Gasteiger partial charge in [-0.05, 0) is 25.0 Å². The predicted molar refractivity (Wildman–Crippen MR) is 90.0 cm³/mol. The standard InChI is InChI=1S/C16H23N3O3S/c1-13-11-14-5-3-4-6-15(14)19(13)12-16(20)17-7-9-18(10-8-17)23(2,21)22/h3-6,13H,7-12H2,1-2H3. The minimum absolute atomic E-state index is 0.0710. The number of para-hydroxylation sites is 1. The summed E-state index contributed by atoms with van der Waals surface area (Å²) in [7, 11) is -3.16. The summed E-state index contributed by atoms with van der Waals surface area (Å²) < 4.78 is 24.5. The smallest absolute Gasteiger partial charge is 0.242 e. The van der Waals surface area contributed by atoms with Crippen LogP contribution in [0.15, 0.2) is 24.3 Å². The predicted octanol–water partition coefficient (Wildman–Crippen LogP) is 0.541. The molecule has 0 N–H and O–H groups in total. The molecule has 23 heavy (non-hydrogen) atoms. The zero-order valence-electron chi connectivity index (χ0n) is 13.6. The van der Waals surface area contributed by atoms with Crippen molar-refractivity contribution in [2.24, 2.45) is 0 Å². The Morgan fingerprint density at radius 3 is 2.48 bits per heavy atom. The molecule has 2 aliphatic heterocycles. The lowest BCUT2D eigenvalue weighted by atomic mass is 10.1. The highest BCUT2D eigenvalue weighted by atomic mass is 32.2. The number of rotatable bonds is 3. The van der Waals surface area contributed by atoms with Crippen LogP contribution in [0, 0.1) is 0 Å². The molecule has 0 bridgehead atoms. The summed E-state index contributed by atoms with van der Waals surface area (Å²) in [4.78, 5) is 16.5. The maximum absolute atomic E-state index is 12.6. The van der Waals surface area contributed by atoms with Crippen molar-refractivity contribution in [1.29, 1.82) is 0 Å². The van der Waals surface area contributed by atoms with E-state index in [2.05, 4.69) is 24.0 Å². The van der Waals surface area contributed by atoms with Gasteiger partial charge in [-0.1, -0.05) is 18.2 Å². The molecule has 1 unspecified atom stereocenters. The minimum Gasteiger partial charge on any atom is -0.359 e. The van der Waals surface area contributed by atoms with Gasteiger partial charge in [0.05, 0.1) is 12.8 Å². The normalized spacial score (nSPS) is 22.3. The maximum Gasteiger partial charge on any atom is 0.242 e. The number of benzene rings is 1. The average Bonchev–Trinajstić information content (AvgIpc) is 2.82. The number of piperazine rings is 1. The molecular weight excluding hydrogens is 314 g/mol. The Balaban J connectivity index is 1.63. The van der Waals surface area contributed by atoms with Gasteiger partial charge in [-0.25, -0.2) is 8.42 Å². The maximum atomic E-state index is 12.6. The van der Waals surface area contributed by atoms with Crippen LogP contribution in [0.5, 0.6) is 0 Å². The molecule has 0 saturated carbocycles. The SMILES string of the molecule is CC1Cc2ccccc2N1CC(=O)N1CCN(S(C)(=O)=O)CC1. The van der Waals surface area contributed by atoms with Crippen molar-refractivity contribution in [3.05, 3.63) is 29.8 Å². The molecule has 3 rings (SSSR count). The van der Waals surface area contributed by atoms with Gasteiger partial charge in [0.2, 0.25) is 15.9 Å². The Morgan fingerprint density at radius 2 is 1.83 bits per heavy atom. The molecule has 7 heteroatoms. The Hall–Kier alpha value is -1.60. The van der Waals surface area contributed by atoms with E-state index in [-0.39, 0.29) is 5.91 Å². The van der Waals surface area contributed by atoms with E-state index in [1.165, 1.54) is 16.1 Å². The fourth-order valence-corrected chi connectivity index (χ4v) is 4.21. The molecule has 0 radical (unpaired) electrons. The lowest BCUT2D eigenvalue weighted by molar-refractivity contribution is -0.130. The third-order valence-corrected chi connectivity index (χ3v) is 6.02. The number of sulfonamides is 1. The summed E-state index contributed by atoms with van der Waals surface area (Å²) in [6.07, 6.45) is 2.18. The molecule has 1 aromatic rings. The van der Waals surface area contributed by atoms with E-state index in [1.807, 2.05) is 12.1 Å². The van der Waals surface area contributed by atoms with Gasteiger partial charge in [-0.2, -0.15) is 4.31 Å². The van der Waals surface area contributed by atoms with Crippen molar-refractivity contribution in [1.82, 2.24) is 9.21 Å². The van der Waals surface area contributed by atoms with Crippen LogP contribution in [0.1, 0.15) is 12.5 Å². The molecule has 6 nitrogen and oxygen atoms in total. The highest BCUT2D eigenvalue weighted by Crippen LogP contribution is 2.31. The van der Waals surface area contributed by atoms with Crippen LogP contribution >= 0.6 is 0 Å². The van der Waals surface area contributed by atoms with Crippen LogP contribution in [0.25, 0.3) is 0 Å². The van der Waals surface area contributed by atoms with Gasteiger partial charge in [-0.15, -0.1) is 0 Å². The topological polar surface area (TPSA) is 60.9 Å². The monoisotopic (exact) mass is 337 g/mol. The minimum atomic E-state index is -3.16. The molecule has 1 amide bonds. The van der Waals surface area contributed by atoms with Crippen LogP contribution in [0.3, 0.4) is 0 Å². The molecule has 2 heterocycles. The molecule has 0 spiro atoms. The lowest BCUT2D eigenvalue weighted by Crippen LogP contribution is -2.52. The number of hydrogen-bond donors (Lipinski definition) is 0. The zero-order chi connectivity index (χ0) is 16.6. The Bertz CT molecular complexity index is 696. The van der Waals surface area contributed by atoms with Crippen LogP contribution in [-0.2, 0) is 21.2 Å². The second kappa shape index (κ2) is 6.13. The molecule has 2 aliphatic rings. The number of nitrogens with zero attached hydrogens (tertiary/aromatic N) is 3. The van der Waals surface area contributed by atoms with Crippen molar-refractivity contribution in [2.75, 3.05) is 43.9 Å². The average molecular weight is 337 g/mol. The number of carbonyl (C=O) groups is 1. The molecule has 1 saturated heterocycles. The van der Waals surface area contributed by atoms with E-state index in [1.54, 1.807) is 4.90 Å². The first kappa shape index (κ1) is 16.3. The van der Waals surface area contributed by atoms with E-state index >= 15 is 0 Å². The van der Waals surface area contributed by atoms with Gasteiger partial charge in [0, 0.05) is 37.9 Å². The first-order valence-corrected chi connectivity index (χ1v) is 9.78. The summed E-state index contributed by atoms with van der Waals surface area (Å²) in [6.45, 7) is 4.20. The molecule has 1 atom stereocenters. The molecule has 1 aromatic carbocycles. The van der Waals surface area contributed by atoms with Crippen LogP contribution in [0.2, 0.25) is 0 Å². The van der Waals surface area contributed by atoms with Crippen molar-refractivity contribution in [3.63, 3.8) is 0 Å². The summed E-state index contributed by atoms with van der Waals surface area (Å²) in [5.74, 6) is 0.0710. The lowest BCUT2D eigenvalue weighted by Gasteiger charge is -2.35. The summed E-state index contributed by atoms with van der Waals surface area (Å²) in [6, 6.07) is 8.52. The van der Waals surface area contributed by atoms with Gasteiger partial charge in [0.25, 0.3) is 0 Å². The molecule has 0 aliphatic carbocycles. The number of fused-ring (bicyclic) bond motifs is 1. The number of amides is 1. The fraction of sp³-hybridized carbons (Fsp3) is 0.562. The summed E-state index contributed by atoms with van der Waals surface area (Å²) in [5, 5.41) is 0. The Kier molecular flexibility index (Phi) is 4.33. The van der Waals surface area contributed by atoms with Gasteiger partial charge >= 0.3 is 0 Å². The summed E-state index contributed by atoms with van der Waals surface area (Å²) in [5.41, 5.74) is 2.43. The molecular formula is C16H23N3O3S. The van der Waals surface area contributed by atoms with Crippen molar-refractivity contribution >= 4 is 21.6 Å². The molecule has 1 fully saturated rings. The van der Waals surface area contributed by atoms with E-state index in [9.17, 15) is 13.2 Å². The van der Waals surface area contributed by atoms with Gasteiger partial charge in [0.1, 0.15) is 0 Å². The van der Waals surface area contributed by atoms with E-state index in [0.29, 0.717) is 38.8 Å². The first-order valence-electron chi connectivity index (χ1n) is 7.93. The van der Waals surface area contributed by atoms with Crippen LogP contribution in [0.4, 0.5) is 5.69 Å².